The van der Waals surface area contributed by atoms with E-state index in [1.165, 1.54) is 12.8 Å². The Hall–Kier alpha value is -2.27. The zero-order valence-electron chi connectivity index (χ0n) is 12.6. The van der Waals surface area contributed by atoms with Crippen molar-refractivity contribution in [3.8, 4) is 11.5 Å². The highest BCUT2D eigenvalue weighted by Gasteiger charge is 2.26. The number of ether oxygens (including phenoxy) is 1. The van der Waals surface area contributed by atoms with Crippen LogP contribution in [0.25, 0.3) is 0 Å². The molecule has 0 radical (unpaired) electrons. The third-order valence-electron chi connectivity index (χ3n) is 3.78. The maximum Gasteiger partial charge on any atom is 0.191 e. The van der Waals surface area contributed by atoms with Gasteiger partial charge in [-0.2, -0.15) is 0 Å². The minimum absolute atomic E-state index is 0.600. The van der Waals surface area contributed by atoms with Crippen molar-refractivity contribution >= 4 is 11.8 Å². The van der Waals surface area contributed by atoms with Crippen molar-refractivity contribution in [3.63, 3.8) is 0 Å². The van der Waals surface area contributed by atoms with Gasteiger partial charge >= 0.3 is 0 Å². The monoisotopic (exact) mass is 323 g/mol. The number of rotatable bonds is 6. The molecule has 0 spiro atoms. The van der Waals surface area contributed by atoms with Crippen LogP contribution in [-0.4, -0.2) is 14.8 Å². The first-order valence-electron chi connectivity index (χ1n) is 7.73. The summed E-state index contributed by atoms with van der Waals surface area (Å²) in [5, 5.41) is 9.28. The van der Waals surface area contributed by atoms with Gasteiger partial charge in [-0.25, -0.2) is 0 Å². The molecule has 1 aliphatic rings. The molecule has 1 aliphatic carbocycles. The van der Waals surface area contributed by atoms with Crippen molar-refractivity contribution in [3.05, 3.63) is 66.5 Å². The number of nitrogens with zero attached hydrogens (tertiary/aromatic N) is 3. The van der Waals surface area contributed by atoms with Gasteiger partial charge in [-0.1, -0.05) is 48.2 Å². The topological polar surface area (TPSA) is 39.9 Å². The fourth-order valence-electron chi connectivity index (χ4n) is 2.42. The molecule has 0 saturated heterocycles. The van der Waals surface area contributed by atoms with E-state index in [1.807, 2.05) is 54.9 Å². The van der Waals surface area contributed by atoms with Crippen LogP contribution in [0, 0.1) is 0 Å². The molecule has 2 aromatic carbocycles. The molecular formula is C18H17N3OS. The molecule has 0 unspecified atom stereocenters. The van der Waals surface area contributed by atoms with E-state index in [4.69, 9.17) is 4.74 Å². The van der Waals surface area contributed by atoms with Crippen LogP contribution < -0.4 is 4.74 Å². The summed E-state index contributed by atoms with van der Waals surface area (Å²) in [4.78, 5) is 0. The molecule has 1 saturated carbocycles. The van der Waals surface area contributed by atoms with Gasteiger partial charge in [0.05, 0.1) is 0 Å². The van der Waals surface area contributed by atoms with Crippen LogP contribution in [0.3, 0.4) is 0 Å². The Morgan fingerprint density at radius 1 is 1.04 bits per heavy atom. The number of aromatic nitrogens is 3. The lowest BCUT2D eigenvalue weighted by molar-refractivity contribution is 0.478. The largest absolute Gasteiger partial charge is 0.457 e. The lowest BCUT2D eigenvalue weighted by Gasteiger charge is -2.11. The average molecular weight is 323 g/mol. The van der Waals surface area contributed by atoms with Crippen molar-refractivity contribution in [1.29, 1.82) is 0 Å². The summed E-state index contributed by atoms with van der Waals surface area (Å²) < 4.78 is 8.20. The highest BCUT2D eigenvalue weighted by Crippen LogP contribution is 2.38. The zero-order chi connectivity index (χ0) is 15.5. The average Bonchev–Trinajstić information content (AvgIpc) is 3.33. The molecule has 1 aromatic heterocycles. The maximum atomic E-state index is 6.01. The molecule has 0 aliphatic heterocycles. The van der Waals surface area contributed by atoms with Crippen LogP contribution in [0.2, 0.25) is 0 Å². The minimum atomic E-state index is 0.600. The molecule has 0 bridgehead atoms. The highest BCUT2D eigenvalue weighted by molar-refractivity contribution is 7.98. The Balaban J connectivity index is 1.49. The summed E-state index contributed by atoms with van der Waals surface area (Å²) in [7, 11) is 0. The Morgan fingerprint density at radius 2 is 1.83 bits per heavy atom. The van der Waals surface area contributed by atoms with Gasteiger partial charge in [0, 0.05) is 17.4 Å². The molecule has 23 heavy (non-hydrogen) atoms. The Bertz CT molecular complexity index is 784. The van der Waals surface area contributed by atoms with Crippen molar-refractivity contribution in [2.45, 2.75) is 29.8 Å². The van der Waals surface area contributed by atoms with Crippen LogP contribution >= 0.6 is 11.8 Å². The molecule has 0 amide bonds. The van der Waals surface area contributed by atoms with Gasteiger partial charge < -0.3 is 9.30 Å². The van der Waals surface area contributed by atoms with E-state index in [0.717, 1.165) is 28.0 Å². The number of hydrogen-bond donors (Lipinski definition) is 0. The minimum Gasteiger partial charge on any atom is -0.457 e. The van der Waals surface area contributed by atoms with Gasteiger partial charge in [0.1, 0.15) is 17.8 Å². The predicted octanol–water partition coefficient (Wildman–Crippen LogP) is 4.70. The van der Waals surface area contributed by atoms with E-state index in [1.54, 1.807) is 11.8 Å². The molecule has 4 nitrogen and oxygen atoms in total. The summed E-state index contributed by atoms with van der Waals surface area (Å²) in [6.45, 7) is 0. The molecule has 4 rings (SSSR count). The standard InChI is InChI=1S/C18H17N3OS/c1-2-7-16(8-3-1)22-17-9-5-4-6-14(17)12-23-18-20-19-13-21(18)15-10-11-15/h1-9,13,15H,10-12H2. The van der Waals surface area contributed by atoms with Crippen molar-refractivity contribution in [1.82, 2.24) is 14.8 Å². The van der Waals surface area contributed by atoms with Crippen molar-refractivity contribution < 1.29 is 4.74 Å². The van der Waals surface area contributed by atoms with E-state index >= 15 is 0 Å². The first-order chi connectivity index (χ1) is 11.4. The zero-order valence-corrected chi connectivity index (χ0v) is 13.4. The molecule has 1 fully saturated rings. The smallest absolute Gasteiger partial charge is 0.191 e. The lowest BCUT2D eigenvalue weighted by atomic mass is 10.2. The van der Waals surface area contributed by atoms with Crippen LogP contribution in [0.15, 0.2) is 66.1 Å². The summed E-state index contributed by atoms with van der Waals surface area (Å²) in [5.41, 5.74) is 1.16. The summed E-state index contributed by atoms with van der Waals surface area (Å²) in [5.74, 6) is 2.56. The van der Waals surface area contributed by atoms with E-state index in [-0.39, 0.29) is 0 Å². The second-order valence-corrected chi connectivity index (χ2v) is 6.51. The third-order valence-corrected chi connectivity index (χ3v) is 4.79. The summed E-state index contributed by atoms with van der Waals surface area (Å²) in [6, 6.07) is 18.6. The van der Waals surface area contributed by atoms with Crippen LogP contribution in [0.4, 0.5) is 0 Å². The number of para-hydroxylation sites is 2. The van der Waals surface area contributed by atoms with Gasteiger partial charge in [0.25, 0.3) is 0 Å². The second kappa shape index (κ2) is 6.46. The van der Waals surface area contributed by atoms with Crippen LogP contribution in [0.5, 0.6) is 11.5 Å². The summed E-state index contributed by atoms with van der Waals surface area (Å²) >= 11 is 1.71. The van der Waals surface area contributed by atoms with E-state index in [2.05, 4.69) is 20.8 Å². The molecule has 5 heteroatoms. The fraction of sp³-hybridized carbons (Fsp3) is 0.222. The normalized spacial score (nSPS) is 13.9. The van der Waals surface area contributed by atoms with E-state index in [9.17, 15) is 0 Å². The molecule has 116 valence electrons. The van der Waals surface area contributed by atoms with Crippen LogP contribution in [-0.2, 0) is 5.75 Å². The Labute approximate surface area is 139 Å². The molecule has 0 atom stereocenters. The van der Waals surface area contributed by atoms with E-state index in [0.29, 0.717) is 6.04 Å². The molecule has 3 aromatic rings. The van der Waals surface area contributed by atoms with Crippen molar-refractivity contribution in [2.75, 3.05) is 0 Å². The highest BCUT2D eigenvalue weighted by atomic mass is 32.2. The molecule has 0 N–H and O–H groups in total. The van der Waals surface area contributed by atoms with Gasteiger partial charge in [0.15, 0.2) is 5.16 Å². The Morgan fingerprint density at radius 3 is 2.65 bits per heavy atom. The predicted molar refractivity (Wildman–Crippen MR) is 90.8 cm³/mol. The second-order valence-electron chi connectivity index (χ2n) is 5.56. The number of thioether (sulfide) groups is 1. The first kappa shape index (κ1) is 14.3. The van der Waals surface area contributed by atoms with Gasteiger partial charge in [-0.3, -0.25) is 0 Å². The molecule has 1 heterocycles. The van der Waals surface area contributed by atoms with Crippen molar-refractivity contribution in [2.24, 2.45) is 0 Å². The molecular weight excluding hydrogens is 306 g/mol. The number of hydrogen-bond acceptors (Lipinski definition) is 4. The van der Waals surface area contributed by atoms with Gasteiger partial charge in [-0.15, -0.1) is 10.2 Å². The quantitative estimate of drug-likeness (QED) is 0.617. The summed E-state index contributed by atoms with van der Waals surface area (Å²) in [6.07, 6.45) is 4.31. The lowest BCUT2D eigenvalue weighted by Crippen LogP contribution is -1.95. The maximum absolute atomic E-state index is 6.01. The number of benzene rings is 2. The first-order valence-corrected chi connectivity index (χ1v) is 8.72. The Kier molecular flexibility index (Phi) is 4.03. The third kappa shape index (κ3) is 3.40. The van der Waals surface area contributed by atoms with Crippen LogP contribution in [0.1, 0.15) is 24.4 Å². The van der Waals surface area contributed by atoms with Gasteiger partial charge in [-0.05, 0) is 31.0 Å². The van der Waals surface area contributed by atoms with Gasteiger partial charge in [0.2, 0.25) is 0 Å². The SMILES string of the molecule is c1ccc(Oc2ccccc2CSc2nncn2C2CC2)cc1. The van der Waals surface area contributed by atoms with E-state index < -0.39 is 0 Å². The fourth-order valence-corrected chi connectivity index (χ4v) is 3.39.